The number of aryl methyl sites for hydroxylation is 1. The van der Waals surface area contributed by atoms with Gasteiger partial charge in [0, 0.05) is 13.1 Å². The summed E-state index contributed by atoms with van der Waals surface area (Å²) in [5.41, 5.74) is 1.07. The fraction of sp³-hybridized carbons (Fsp3) is 0.583. The Balaban J connectivity index is 1.98. The molecule has 1 aliphatic rings. The summed E-state index contributed by atoms with van der Waals surface area (Å²) >= 11 is 1.44. The van der Waals surface area contributed by atoms with Gasteiger partial charge in [0.15, 0.2) is 5.69 Å². The minimum Gasteiger partial charge on any atom is -0.337 e. The molecule has 0 N–H and O–H groups in total. The predicted molar refractivity (Wildman–Crippen MR) is 74.8 cm³/mol. The van der Waals surface area contributed by atoms with Crippen molar-refractivity contribution in [3.8, 4) is 0 Å². The second kappa shape index (κ2) is 5.35. The van der Waals surface area contributed by atoms with E-state index in [9.17, 15) is 4.79 Å². The number of hydrogen-bond donors (Lipinski definition) is 0. The molecule has 0 unspecified atom stereocenters. The van der Waals surface area contributed by atoms with Crippen molar-refractivity contribution in [1.82, 2.24) is 29.7 Å². The topological polar surface area (TPSA) is 76.3 Å². The summed E-state index contributed by atoms with van der Waals surface area (Å²) in [6.07, 6.45) is 5.20. The number of piperidine rings is 1. The van der Waals surface area contributed by atoms with Crippen LogP contribution in [-0.4, -0.2) is 54.9 Å². The van der Waals surface area contributed by atoms with E-state index in [1.165, 1.54) is 18.2 Å². The summed E-state index contributed by atoms with van der Waals surface area (Å²) in [5.74, 6) is 0.375. The Bertz CT molecular complexity index is 649. The molecule has 1 saturated heterocycles. The third-order valence-corrected chi connectivity index (χ3v) is 4.04. The van der Waals surface area contributed by atoms with E-state index >= 15 is 0 Å². The molecule has 0 aromatic carbocycles. The lowest BCUT2D eigenvalue weighted by molar-refractivity contribution is 0.0715. The van der Waals surface area contributed by atoms with Crippen LogP contribution in [-0.2, 0) is 0 Å². The van der Waals surface area contributed by atoms with E-state index in [1.807, 2.05) is 18.1 Å². The Morgan fingerprint density at radius 3 is 2.65 bits per heavy atom. The molecule has 1 fully saturated rings. The number of carbonyl (C=O) groups is 1. The van der Waals surface area contributed by atoms with Gasteiger partial charge >= 0.3 is 0 Å². The second-order valence-corrected chi connectivity index (χ2v) is 5.57. The number of thioether (sulfide) groups is 1. The number of carbonyl (C=O) groups excluding carboxylic acids is 1. The zero-order chi connectivity index (χ0) is 14.1. The van der Waals surface area contributed by atoms with Crippen LogP contribution in [0.5, 0.6) is 0 Å². The van der Waals surface area contributed by atoms with E-state index < -0.39 is 0 Å². The zero-order valence-corrected chi connectivity index (χ0v) is 12.4. The molecule has 0 spiro atoms. The summed E-state index contributed by atoms with van der Waals surface area (Å²) in [7, 11) is 0. The third-order valence-electron chi connectivity index (χ3n) is 3.50. The van der Waals surface area contributed by atoms with Gasteiger partial charge in [-0.2, -0.15) is 9.50 Å². The van der Waals surface area contributed by atoms with Crippen LogP contribution in [0.4, 0.5) is 0 Å². The molecule has 1 amide bonds. The van der Waals surface area contributed by atoms with Crippen LogP contribution in [0.1, 0.15) is 35.4 Å². The maximum atomic E-state index is 12.5. The summed E-state index contributed by atoms with van der Waals surface area (Å²) in [6, 6.07) is 0. The van der Waals surface area contributed by atoms with E-state index in [0.717, 1.165) is 25.9 Å². The van der Waals surface area contributed by atoms with Crippen LogP contribution >= 0.6 is 11.8 Å². The lowest BCUT2D eigenvalue weighted by atomic mass is 10.1. The first kappa shape index (κ1) is 13.3. The van der Waals surface area contributed by atoms with Gasteiger partial charge in [-0.3, -0.25) is 4.79 Å². The van der Waals surface area contributed by atoms with Crippen molar-refractivity contribution in [3.05, 3.63) is 11.4 Å². The molecule has 3 rings (SSSR count). The van der Waals surface area contributed by atoms with Crippen molar-refractivity contribution < 1.29 is 4.79 Å². The van der Waals surface area contributed by atoms with Gasteiger partial charge < -0.3 is 4.90 Å². The molecule has 1 aliphatic heterocycles. The SMILES string of the molecule is CSc1nc2nnc(C(=O)N3CCCCC3)c(C)n2n1. The average molecular weight is 292 g/mol. The molecule has 2 aromatic heterocycles. The second-order valence-electron chi connectivity index (χ2n) is 4.80. The standard InChI is InChI=1S/C12H16N6OS/c1-8-9(10(19)17-6-4-3-5-7-17)14-15-11-13-12(20-2)16-18(8)11/h3-7H2,1-2H3. The lowest BCUT2D eigenvalue weighted by Crippen LogP contribution is -2.37. The highest BCUT2D eigenvalue weighted by Gasteiger charge is 2.23. The van der Waals surface area contributed by atoms with Crippen LogP contribution < -0.4 is 0 Å². The van der Waals surface area contributed by atoms with Crippen LogP contribution in [0, 0.1) is 6.92 Å². The Morgan fingerprint density at radius 1 is 1.20 bits per heavy atom. The third kappa shape index (κ3) is 2.24. The van der Waals surface area contributed by atoms with Crippen LogP contribution in [0.15, 0.2) is 5.16 Å². The molecular weight excluding hydrogens is 276 g/mol. The van der Waals surface area contributed by atoms with Crippen LogP contribution in [0.25, 0.3) is 5.78 Å². The first-order valence-corrected chi connectivity index (χ1v) is 7.86. The van der Waals surface area contributed by atoms with E-state index in [2.05, 4.69) is 20.3 Å². The van der Waals surface area contributed by atoms with Crippen molar-refractivity contribution in [1.29, 1.82) is 0 Å². The molecule has 0 saturated carbocycles. The molecule has 0 radical (unpaired) electrons. The first-order chi connectivity index (χ1) is 9.70. The lowest BCUT2D eigenvalue weighted by Gasteiger charge is -2.26. The van der Waals surface area contributed by atoms with Gasteiger partial charge in [0.2, 0.25) is 5.16 Å². The van der Waals surface area contributed by atoms with Crippen molar-refractivity contribution in [2.24, 2.45) is 0 Å². The summed E-state index contributed by atoms with van der Waals surface area (Å²) < 4.78 is 1.59. The van der Waals surface area contributed by atoms with Gasteiger partial charge in [-0.05, 0) is 32.4 Å². The molecular formula is C12H16N6OS. The fourth-order valence-electron chi connectivity index (χ4n) is 2.37. The van der Waals surface area contributed by atoms with Gasteiger partial charge in [0.05, 0.1) is 5.69 Å². The number of amides is 1. The zero-order valence-electron chi connectivity index (χ0n) is 11.5. The van der Waals surface area contributed by atoms with Crippen LogP contribution in [0.2, 0.25) is 0 Å². The van der Waals surface area contributed by atoms with E-state index in [-0.39, 0.29) is 5.91 Å². The fourth-order valence-corrected chi connectivity index (χ4v) is 2.71. The number of aromatic nitrogens is 5. The van der Waals surface area contributed by atoms with E-state index in [0.29, 0.717) is 22.3 Å². The molecule has 106 valence electrons. The minimum absolute atomic E-state index is 0.0576. The molecule has 3 heterocycles. The molecule has 20 heavy (non-hydrogen) atoms. The highest BCUT2D eigenvalue weighted by Crippen LogP contribution is 2.16. The highest BCUT2D eigenvalue weighted by atomic mass is 32.2. The monoisotopic (exact) mass is 292 g/mol. The van der Waals surface area contributed by atoms with Gasteiger partial charge in [0.1, 0.15) is 0 Å². The van der Waals surface area contributed by atoms with Gasteiger partial charge in [-0.1, -0.05) is 11.8 Å². The molecule has 0 bridgehead atoms. The molecule has 0 atom stereocenters. The summed E-state index contributed by atoms with van der Waals surface area (Å²) in [6.45, 7) is 3.43. The van der Waals surface area contributed by atoms with Gasteiger partial charge in [-0.15, -0.1) is 15.3 Å². The van der Waals surface area contributed by atoms with Crippen molar-refractivity contribution in [2.45, 2.75) is 31.3 Å². The number of nitrogens with zero attached hydrogens (tertiary/aromatic N) is 6. The van der Waals surface area contributed by atoms with E-state index in [4.69, 9.17) is 0 Å². The normalized spacial score (nSPS) is 15.8. The number of rotatable bonds is 2. The van der Waals surface area contributed by atoms with Gasteiger partial charge in [0.25, 0.3) is 11.7 Å². The van der Waals surface area contributed by atoms with Crippen molar-refractivity contribution >= 4 is 23.4 Å². The quantitative estimate of drug-likeness (QED) is 0.774. The highest BCUT2D eigenvalue weighted by molar-refractivity contribution is 7.98. The van der Waals surface area contributed by atoms with Gasteiger partial charge in [-0.25, -0.2) is 0 Å². The van der Waals surface area contributed by atoms with Crippen molar-refractivity contribution in [3.63, 3.8) is 0 Å². The molecule has 0 aliphatic carbocycles. The average Bonchev–Trinajstić information content (AvgIpc) is 2.92. The largest absolute Gasteiger partial charge is 0.337 e. The summed E-state index contributed by atoms with van der Waals surface area (Å²) in [5, 5.41) is 13.0. The number of likely N-dealkylation sites (tertiary alicyclic amines) is 1. The van der Waals surface area contributed by atoms with Crippen LogP contribution in [0.3, 0.4) is 0 Å². The smallest absolute Gasteiger partial charge is 0.276 e. The Hall–Kier alpha value is -1.70. The van der Waals surface area contributed by atoms with Crippen molar-refractivity contribution in [2.75, 3.05) is 19.3 Å². The maximum absolute atomic E-state index is 12.5. The van der Waals surface area contributed by atoms with E-state index in [1.54, 1.807) is 4.52 Å². The number of hydrogen-bond acceptors (Lipinski definition) is 6. The molecule has 2 aromatic rings. The Morgan fingerprint density at radius 2 is 1.95 bits per heavy atom. The predicted octanol–water partition coefficient (Wildman–Crippen LogP) is 1.18. The first-order valence-electron chi connectivity index (χ1n) is 6.64. The Labute approximate surface area is 120 Å². The molecule has 8 heteroatoms. The molecule has 7 nitrogen and oxygen atoms in total. The number of fused-ring (bicyclic) bond motifs is 1. The summed E-state index contributed by atoms with van der Waals surface area (Å²) in [4.78, 5) is 18.6. The Kier molecular flexibility index (Phi) is 3.56. The minimum atomic E-state index is -0.0576. The maximum Gasteiger partial charge on any atom is 0.276 e.